The van der Waals surface area contributed by atoms with Crippen molar-refractivity contribution in [1.82, 2.24) is 0 Å². The molecule has 1 aromatic rings. The molecule has 0 heterocycles. The van der Waals surface area contributed by atoms with Crippen LogP contribution in [0, 0.1) is 0 Å². The molecule has 0 aliphatic carbocycles. The summed E-state index contributed by atoms with van der Waals surface area (Å²) in [4.78, 5) is 10.3. The maximum Gasteiger partial charge on any atom is 0.339 e. The van der Waals surface area contributed by atoms with E-state index in [9.17, 15) is 4.79 Å². The Hall–Kier alpha value is -1.44. The van der Waals surface area contributed by atoms with Gasteiger partial charge >= 0.3 is 5.97 Å². The Balaban J connectivity index is 0.000000364. The van der Waals surface area contributed by atoms with Crippen molar-refractivity contribution < 1.29 is 28.3 Å². The lowest BCUT2D eigenvalue weighted by Gasteiger charge is -1.95. The van der Waals surface area contributed by atoms with Gasteiger partial charge in [-0.05, 0) is 12.1 Å². The zero-order chi connectivity index (χ0) is 11.1. The lowest BCUT2D eigenvalue weighted by molar-refractivity contribution is 0.0693. The number of carboxylic acids is 1. The Morgan fingerprint density at radius 2 is 1.64 bits per heavy atom. The van der Waals surface area contributed by atoms with Crippen LogP contribution in [0.3, 0.4) is 0 Å². The second-order valence-electron chi connectivity index (χ2n) is 2.05. The van der Waals surface area contributed by atoms with Crippen molar-refractivity contribution in [2.75, 3.05) is 0 Å². The molecule has 0 saturated heterocycles. The number of hydrogen-bond donors (Lipinski definition) is 4. The molecule has 0 aliphatic heterocycles. The predicted molar refractivity (Wildman–Crippen MR) is 48.5 cm³/mol. The summed E-state index contributed by atoms with van der Waals surface area (Å²) in [5.74, 6) is -1.31. The number of phenols is 1. The molecule has 1 rings (SSSR count). The van der Waals surface area contributed by atoms with E-state index in [1.807, 2.05) is 0 Å². The molecule has 78 valence electrons. The maximum absolute atomic E-state index is 10.3. The van der Waals surface area contributed by atoms with E-state index in [1.54, 1.807) is 12.1 Å². The largest absolute Gasteiger partial charge is 0.507 e. The van der Waals surface area contributed by atoms with Crippen LogP contribution in [0.15, 0.2) is 24.3 Å². The number of carboxylic acid groups (broad SMARTS) is 1. The van der Waals surface area contributed by atoms with Gasteiger partial charge in [-0.15, -0.1) is 0 Å². The lowest BCUT2D eigenvalue weighted by atomic mass is 10.2. The number of carbonyl (C=O) groups is 1. The van der Waals surface area contributed by atoms with Gasteiger partial charge < -0.3 is 10.2 Å². The second-order valence-corrected chi connectivity index (χ2v) is 2.51. The summed E-state index contributed by atoms with van der Waals surface area (Å²) in [5, 5.41) is 17.3. The third-order valence-corrected chi connectivity index (χ3v) is 1.13. The molecule has 0 spiro atoms. The van der Waals surface area contributed by atoms with E-state index in [-0.39, 0.29) is 11.3 Å². The monoisotopic (exact) mass is 220 g/mol. The van der Waals surface area contributed by atoms with Gasteiger partial charge in [0.1, 0.15) is 11.3 Å². The first kappa shape index (κ1) is 12.6. The number of para-hydroxylation sites is 1. The van der Waals surface area contributed by atoms with E-state index in [1.165, 1.54) is 12.1 Å². The summed E-state index contributed by atoms with van der Waals surface area (Å²) in [5.41, 5.74) is -0.0671. The molecule has 1 aromatic carbocycles. The minimum absolute atomic E-state index is 0.0671. The van der Waals surface area contributed by atoms with Crippen LogP contribution < -0.4 is 0 Å². The van der Waals surface area contributed by atoms with Crippen LogP contribution in [0.5, 0.6) is 5.75 Å². The Morgan fingerprint density at radius 1 is 1.21 bits per heavy atom. The van der Waals surface area contributed by atoms with Gasteiger partial charge in [0.05, 0.1) is 0 Å². The summed E-state index contributed by atoms with van der Waals surface area (Å²) < 4.78 is 22.8. The van der Waals surface area contributed by atoms with Crippen molar-refractivity contribution in [2.45, 2.75) is 0 Å². The first-order valence-corrected chi connectivity index (χ1v) is 4.32. The standard InChI is InChI=1S/C7H6O3.H2O3S/c8-6-4-2-1-3-5(6)7(9)10;1-4(2)3/h1-4,8H,(H,9,10);(H2,1,2,3). The Morgan fingerprint density at radius 3 is 1.93 bits per heavy atom. The molecule has 0 unspecified atom stereocenters. The van der Waals surface area contributed by atoms with E-state index in [2.05, 4.69) is 0 Å². The molecule has 0 amide bonds. The highest BCUT2D eigenvalue weighted by atomic mass is 32.2. The topological polar surface area (TPSA) is 115 Å². The van der Waals surface area contributed by atoms with Gasteiger partial charge in [-0.3, -0.25) is 9.11 Å². The van der Waals surface area contributed by atoms with Crippen LogP contribution in [-0.4, -0.2) is 29.5 Å². The van der Waals surface area contributed by atoms with Crippen LogP contribution in [-0.2, 0) is 11.4 Å². The molecule has 0 bridgehead atoms. The van der Waals surface area contributed by atoms with Gasteiger partial charge in [0.2, 0.25) is 0 Å². The summed E-state index contributed by atoms with van der Waals surface area (Å²) in [7, 11) is 0. The zero-order valence-corrected chi connectivity index (χ0v) is 7.64. The predicted octanol–water partition coefficient (Wildman–Crippen LogP) is 0.771. The normalized spacial score (nSPS) is 9.07. The number of hydrogen-bond acceptors (Lipinski definition) is 3. The summed E-state index contributed by atoms with van der Waals surface area (Å²) in [6.45, 7) is 0. The van der Waals surface area contributed by atoms with Crippen LogP contribution in [0.1, 0.15) is 10.4 Å². The molecule has 6 nitrogen and oxygen atoms in total. The molecular formula is C7H8O6S. The summed E-state index contributed by atoms with van der Waals surface area (Å²) in [6.07, 6.45) is 0. The van der Waals surface area contributed by atoms with Crippen molar-refractivity contribution in [3.8, 4) is 5.75 Å². The molecule has 0 saturated carbocycles. The molecule has 7 heteroatoms. The van der Waals surface area contributed by atoms with Gasteiger partial charge in [0, 0.05) is 0 Å². The van der Waals surface area contributed by atoms with Crippen molar-refractivity contribution in [3.63, 3.8) is 0 Å². The average molecular weight is 220 g/mol. The Bertz CT molecular complexity index is 333. The van der Waals surface area contributed by atoms with E-state index in [0.717, 1.165) is 0 Å². The highest BCUT2D eigenvalue weighted by Crippen LogP contribution is 2.14. The summed E-state index contributed by atoms with van der Waals surface area (Å²) in [6, 6.07) is 5.81. The van der Waals surface area contributed by atoms with Crippen LogP contribution in [0.25, 0.3) is 0 Å². The molecular weight excluding hydrogens is 212 g/mol. The van der Waals surface area contributed by atoms with Gasteiger partial charge in [0.15, 0.2) is 0 Å². The number of rotatable bonds is 1. The molecule has 0 aromatic heterocycles. The van der Waals surface area contributed by atoms with E-state index >= 15 is 0 Å². The zero-order valence-electron chi connectivity index (χ0n) is 6.82. The highest BCUT2D eigenvalue weighted by molar-refractivity contribution is 7.73. The van der Waals surface area contributed by atoms with Gasteiger partial charge in [-0.2, -0.15) is 4.21 Å². The van der Waals surface area contributed by atoms with E-state index < -0.39 is 17.3 Å². The van der Waals surface area contributed by atoms with Crippen molar-refractivity contribution in [2.24, 2.45) is 0 Å². The number of aromatic hydroxyl groups is 1. The Labute approximate surface area is 81.9 Å². The molecule has 4 N–H and O–H groups in total. The third-order valence-electron chi connectivity index (χ3n) is 1.13. The highest BCUT2D eigenvalue weighted by Gasteiger charge is 2.05. The number of aromatic carboxylic acids is 1. The SMILES string of the molecule is O=C(O)c1ccccc1O.O=S(O)O. The third kappa shape index (κ3) is 5.25. The fourth-order valence-corrected chi connectivity index (χ4v) is 0.654. The van der Waals surface area contributed by atoms with Crippen molar-refractivity contribution in [1.29, 1.82) is 0 Å². The van der Waals surface area contributed by atoms with Gasteiger partial charge in [0.25, 0.3) is 11.4 Å². The first-order chi connectivity index (χ1) is 6.45. The molecule has 0 radical (unpaired) electrons. The molecule has 0 atom stereocenters. The fraction of sp³-hybridized carbons (Fsp3) is 0. The van der Waals surface area contributed by atoms with Crippen LogP contribution >= 0.6 is 0 Å². The maximum atomic E-state index is 10.3. The summed E-state index contributed by atoms with van der Waals surface area (Å²) >= 11 is -2.61. The molecule has 0 aliphatic rings. The van der Waals surface area contributed by atoms with Crippen molar-refractivity contribution in [3.05, 3.63) is 29.8 Å². The van der Waals surface area contributed by atoms with Crippen molar-refractivity contribution >= 4 is 17.3 Å². The fourth-order valence-electron chi connectivity index (χ4n) is 0.654. The smallest absolute Gasteiger partial charge is 0.339 e. The van der Waals surface area contributed by atoms with Gasteiger partial charge in [-0.25, -0.2) is 4.79 Å². The average Bonchev–Trinajstić information content (AvgIpc) is 2.03. The first-order valence-electron chi connectivity index (χ1n) is 3.26. The van der Waals surface area contributed by atoms with Crippen LogP contribution in [0.4, 0.5) is 0 Å². The Kier molecular flexibility index (Phi) is 5.46. The minimum atomic E-state index is -2.61. The second kappa shape index (κ2) is 6.08. The van der Waals surface area contributed by atoms with E-state index in [4.69, 9.17) is 23.5 Å². The van der Waals surface area contributed by atoms with Gasteiger partial charge in [-0.1, -0.05) is 12.1 Å². The minimum Gasteiger partial charge on any atom is -0.507 e. The quantitative estimate of drug-likeness (QED) is 0.519. The number of benzene rings is 1. The molecule has 14 heavy (non-hydrogen) atoms. The van der Waals surface area contributed by atoms with E-state index in [0.29, 0.717) is 0 Å². The molecule has 0 fully saturated rings. The lowest BCUT2D eigenvalue weighted by Crippen LogP contribution is -1.95. The van der Waals surface area contributed by atoms with Crippen LogP contribution in [0.2, 0.25) is 0 Å².